The summed E-state index contributed by atoms with van der Waals surface area (Å²) in [6.45, 7) is 2.78. The second kappa shape index (κ2) is 6.70. The summed E-state index contributed by atoms with van der Waals surface area (Å²) < 4.78 is 29.3. The molecule has 3 heterocycles. The maximum atomic E-state index is 12.9. The largest absolute Gasteiger partial charge is 0.340 e. The molecule has 0 N–H and O–H groups in total. The number of hydrogen-bond donors (Lipinski definition) is 0. The highest BCUT2D eigenvalue weighted by Gasteiger charge is 2.27. The number of rotatable bonds is 3. The van der Waals surface area contributed by atoms with Gasteiger partial charge in [0.2, 0.25) is 10.0 Å². The molecule has 26 heavy (non-hydrogen) atoms. The number of aryl methyl sites for hydroxylation is 1. The molecule has 0 spiro atoms. The maximum absolute atomic E-state index is 12.9. The Kier molecular flexibility index (Phi) is 4.52. The van der Waals surface area contributed by atoms with Crippen molar-refractivity contribution in [3.63, 3.8) is 0 Å². The van der Waals surface area contributed by atoms with Crippen LogP contribution in [0.4, 0.5) is 0 Å². The van der Waals surface area contributed by atoms with Crippen LogP contribution < -0.4 is 0 Å². The Morgan fingerprint density at radius 3 is 2.27 bits per heavy atom. The lowest BCUT2D eigenvalue weighted by molar-refractivity contribution is 0.0784. The molecule has 2 saturated heterocycles. The normalized spacial score (nSPS) is 19.3. The zero-order valence-corrected chi connectivity index (χ0v) is 16.0. The number of amides is 1. The first-order chi connectivity index (χ1) is 12.5. The monoisotopic (exact) mass is 375 g/mol. The van der Waals surface area contributed by atoms with Crippen molar-refractivity contribution in [2.24, 2.45) is 7.05 Å². The first-order valence-electron chi connectivity index (χ1n) is 9.37. The zero-order valence-electron chi connectivity index (χ0n) is 15.1. The van der Waals surface area contributed by atoms with E-state index < -0.39 is 10.0 Å². The van der Waals surface area contributed by atoms with Crippen LogP contribution in [0.3, 0.4) is 0 Å². The van der Waals surface area contributed by atoms with Gasteiger partial charge in [0.1, 0.15) is 5.69 Å². The molecule has 1 aromatic heterocycles. The first-order valence-corrected chi connectivity index (χ1v) is 10.8. The maximum Gasteiger partial charge on any atom is 0.270 e. The van der Waals surface area contributed by atoms with Crippen LogP contribution in [-0.4, -0.2) is 54.3 Å². The number of sulfonamides is 1. The van der Waals surface area contributed by atoms with Crippen molar-refractivity contribution < 1.29 is 13.2 Å². The molecule has 0 unspecified atom stereocenters. The summed E-state index contributed by atoms with van der Waals surface area (Å²) >= 11 is 0. The van der Waals surface area contributed by atoms with Crippen molar-refractivity contribution >= 4 is 26.8 Å². The lowest BCUT2D eigenvalue weighted by atomic mass is 10.2. The molecular weight excluding hydrogens is 350 g/mol. The Labute approximate surface area is 154 Å². The topological polar surface area (TPSA) is 62.6 Å². The molecule has 2 aliphatic heterocycles. The average Bonchev–Trinajstić information content (AvgIpc) is 3.30. The molecule has 0 bridgehead atoms. The van der Waals surface area contributed by atoms with Crippen LogP contribution in [0, 0.1) is 0 Å². The predicted molar refractivity (Wildman–Crippen MR) is 101 cm³/mol. The lowest BCUT2D eigenvalue weighted by Crippen LogP contribution is -2.35. The quantitative estimate of drug-likeness (QED) is 0.828. The van der Waals surface area contributed by atoms with E-state index in [1.807, 2.05) is 28.6 Å². The number of carbonyl (C=O) groups is 1. The van der Waals surface area contributed by atoms with Gasteiger partial charge in [-0.2, -0.15) is 4.31 Å². The van der Waals surface area contributed by atoms with Gasteiger partial charge in [-0.15, -0.1) is 0 Å². The number of fused-ring (bicyclic) bond motifs is 1. The summed E-state index contributed by atoms with van der Waals surface area (Å²) in [7, 11) is -1.60. The molecule has 1 aromatic carbocycles. The highest BCUT2D eigenvalue weighted by atomic mass is 32.2. The SMILES string of the molecule is Cn1c(C(=O)N2CCCC2)cc2cc(S(=O)(=O)N3CCCCC3)ccc21. The van der Waals surface area contributed by atoms with Crippen molar-refractivity contribution in [3.8, 4) is 0 Å². The van der Waals surface area contributed by atoms with Gasteiger partial charge in [0.05, 0.1) is 4.90 Å². The zero-order chi connectivity index (χ0) is 18.3. The Bertz CT molecular complexity index is 936. The molecule has 2 aromatic rings. The van der Waals surface area contributed by atoms with Gasteiger partial charge in [0.25, 0.3) is 5.91 Å². The van der Waals surface area contributed by atoms with Crippen LogP contribution >= 0.6 is 0 Å². The van der Waals surface area contributed by atoms with Gasteiger partial charge in [0, 0.05) is 44.1 Å². The van der Waals surface area contributed by atoms with Crippen LogP contribution in [0.25, 0.3) is 10.9 Å². The third-order valence-corrected chi connectivity index (χ3v) is 7.47. The molecule has 1 amide bonds. The molecule has 6 nitrogen and oxygen atoms in total. The first kappa shape index (κ1) is 17.5. The van der Waals surface area contributed by atoms with Gasteiger partial charge in [0.15, 0.2) is 0 Å². The number of carbonyl (C=O) groups excluding carboxylic acids is 1. The summed E-state index contributed by atoms with van der Waals surface area (Å²) in [6.07, 6.45) is 5.02. The molecule has 0 aliphatic carbocycles. The number of aromatic nitrogens is 1. The van der Waals surface area contributed by atoms with Gasteiger partial charge in [-0.05, 0) is 49.9 Å². The average molecular weight is 375 g/mol. The van der Waals surface area contributed by atoms with Crippen molar-refractivity contribution in [2.75, 3.05) is 26.2 Å². The summed E-state index contributed by atoms with van der Waals surface area (Å²) in [6, 6.07) is 7.01. The third-order valence-electron chi connectivity index (χ3n) is 5.58. The molecule has 2 fully saturated rings. The molecular formula is C19H25N3O3S. The molecule has 0 atom stereocenters. The molecule has 7 heteroatoms. The standard InChI is InChI=1S/C19H25N3O3S/c1-20-17-8-7-16(26(24,25)22-11-3-2-4-12-22)13-15(17)14-18(20)19(23)21-9-5-6-10-21/h7-8,13-14H,2-6,9-12H2,1H3. The van der Waals surface area contributed by atoms with E-state index in [1.165, 1.54) is 0 Å². The van der Waals surface area contributed by atoms with E-state index in [-0.39, 0.29) is 5.91 Å². The molecule has 140 valence electrons. The Hall–Kier alpha value is -1.86. The number of hydrogen-bond acceptors (Lipinski definition) is 3. The van der Waals surface area contributed by atoms with E-state index in [4.69, 9.17) is 0 Å². The van der Waals surface area contributed by atoms with Crippen LogP contribution in [0.5, 0.6) is 0 Å². The van der Waals surface area contributed by atoms with Gasteiger partial charge in [-0.1, -0.05) is 6.42 Å². The molecule has 0 saturated carbocycles. The predicted octanol–water partition coefficient (Wildman–Crippen LogP) is 2.59. The van der Waals surface area contributed by atoms with E-state index in [1.54, 1.807) is 16.4 Å². The van der Waals surface area contributed by atoms with Crippen LogP contribution in [0.2, 0.25) is 0 Å². The van der Waals surface area contributed by atoms with Crippen LogP contribution in [0.15, 0.2) is 29.2 Å². The highest BCUT2D eigenvalue weighted by Crippen LogP contribution is 2.27. The highest BCUT2D eigenvalue weighted by molar-refractivity contribution is 7.89. The smallest absolute Gasteiger partial charge is 0.270 e. The third kappa shape index (κ3) is 2.93. The number of likely N-dealkylation sites (tertiary alicyclic amines) is 1. The van der Waals surface area contributed by atoms with Crippen molar-refractivity contribution in [2.45, 2.75) is 37.0 Å². The van der Waals surface area contributed by atoms with Crippen molar-refractivity contribution in [1.29, 1.82) is 0 Å². The fourth-order valence-electron chi connectivity index (χ4n) is 4.03. The number of benzene rings is 1. The van der Waals surface area contributed by atoms with E-state index in [9.17, 15) is 13.2 Å². The van der Waals surface area contributed by atoms with Crippen LogP contribution in [0.1, 0.15) is 42.6 Å². The Morgan fingerprint density at radius 1 is 0.923 bits per heavy atom. The Morgan fingerprint density at radius 2 is 1.58 bits per heavy atom. The van der Waals surface area contributed by atoms with Gasteiger partial charge >= 0.3 is 0 Å². The second-order valence-electron chi connectivity index (χ2n) is 7.27. The van der Waals surface area contributed by atoms with Gasteiger partial charge < -0.3 is 9.47 Å². The Balaban J connectivity index is 1.70. The summed E-state index contributed by atoms with van der Waals surface area (Å²) in [5.74, 6) is 0.0293. The lowest BCUT2D eigenvalue weighted by Gasteiger charge is -2.25. The summed E-state index contributed by atoms with van der Waals surface area (Å²) in [5.41, 5.74) is 1.50. The van der Waals surface area contributed by atoms with Crippen LogP contribution in [-0.2, 0) is 17.1 Å². The van der Waals surface area contributed by atoms with Crippen molar-refractivity contribution in [1.82, 2.24) is 13.8 Å². The molecule has 0 radical (unpaired) electrons. The summed E-state index contributed by atoms with van der Waals surface area (Å²) in [5, 5.41) is 0.799. The second-order valence-corrected chi connectivity index (χ2v) is 9.21. The fourth-order valence-corrected chi connectivity index (χ4v) is 5.58. The number of nitrogens with zero attached hydrogens (tertiary/aromatic N) is 3. The van der Waals surface area contributed by atoms with E-state index in [2.05, 4.69) is 0 Å². The van der Waals surface area contributed by atoms with Gasteiger partial charge in [-0.25, -0.2) is 8.42 Å². The van der Waals surface area contributed by atoms with E-state index in [0.717, 1.165) is 56.1 Å². The van der Waals surface area contributed by atoms with Gasteiger partial charge in [-0.3, -0.25) is 4.79 Å². The number of piperidine rings is 1. The summed E-state index contributed by atoms with van der Waals surface area (Å²) in [4.78, 5) is 14.9. The van der Waals surface area contributed by atoms with E-state index >= 15 is 0 Å². The van der Waals surface area contributed by atoms with E-state index in [0.29, 0.717) is 23.7 Å². The fraction of sp³-hybridized carbons (Fsp3) is 0.526. The van der Waals surface area contributed by atoms with Crippen molar-refractivity contribution in [3.05, 3.63) is 30.0 Å². The molecule has 2 aliphatic rings. The minimum atomic E-state index is -3.46. The minimum absolute atomic E-state index is 0.0293. The minimum Gasteiger partial charge on any atom is -0.340 e. The molecule has 4 rings (SSSR count).